The second-order valence-electron chi connectivity index (χ2n) is 21.3. The average molecular weight is 921 g/mol. The molecule has 17 nitrogen and oxygen atoms in total. The molecule has 2 spiro atoms. The molecule has 3 heterocycles. The van der Waals surface area contributed by atoms with E-state index in [0.29, 0.717) is 25.7 Å². The smallest absolute Gasteiger partial charge is 0.315 e. The molecule has 0 aromatic carbocycles. The normalized spacial score (nSPS) is 31.7. The number of rotatable bonds is 15. The van der Waals surface area contributed by atoms with Crippen LogP contribution in [0.2, 0.25) is 0 Å². The van der Waals surface area contributed by atoms with E-state index in [1.54, 1.807) is 9.03 Å². The maximum Gasteiger partial charge on any atom is 0.315 e. The van der Waals surface area contributed by atoms with Crippen LogP contribution in [0.3, 0.4) is 0 Å². The molecule has 63 heavy (non-hydrogen) atoms. The molecule has 7 rings (SSSR count). The number of carbonyl (C=O) groups excluding carboxylic acids is 5. The van der Waals surface area contributed by atoms with Crippen LogP contribution < -0.4 is 24.8 Å². The van der Waals surface area contributed by atoms with Crippen LogP contribution in [0.1, 0.15) is 138 Å². The van der Waals surface area contributed by atoms with Gasteiger partial charge in [-0.25, -0.2) is 4.72 Å². The van der Waals surface area contributed by atoms with Crippen molar-refractivity contribution in [3.63, 3.8) is 0 Å². The van der Waals surface area contributed by atoms with Crippen molar-refractivity contribution >= 4 is 50.0 Å². The number of likely N-dealkylation sites (tertiary alicyclic amines) is 2. The van der Waals surface area contributed by atoms with Crippen LogP contribution in [-0.4, -0.2) is 123 Å². The van der Waals surface area contributed by atoms with E-state index >= 15 is 4.79 Å². The van der Waals surface area contributed by atoms with E-state index < -0.39 is 84.5 Å². The molecule has 5 N–H and O–H groups in total. The fraction of sp³-hybridized carbons (Fsp3) is 0.841. The Morgan fingerprint density at radius 1 is 0.794 bits per heavy atom. The zero-order chi connectivity index (χ0) is 46.0. The Morgan fingerprint density at radius 3 is 1.98 bits per heavy atom. The molecule has 5 amide bonds. The quantitative estimate of drug-likeness (QED) is 0.151. The topological polar surface area (TPSA) is 224 Å². The van der Waals surface area contributed by atoms with Gasteiger partial charge in [0.15, 0.2) is 0 Å². The number of fused-ring (bicyclic) bond motifs is 1. The SMILES string of the molecule is C=C[C@@H]1C[C@]1(NC(=O)[C@@H]1C[C@@]2(CN1C(=O)[C@@H](NC(=O)[C@@H](NC(=O)[C@@H]1CCCCN1CC)C1CCCCC1)C(C)(C)C)C(C)(C)C21CCC1)C(=O)NS(=O)(=O)NS(=O)(=O)N1CCCC1. The van der Waals surface area contributed by atoms with Crippen LogP contribution >= 0.6 is 0 Å². The molecule has 3 saturated heterocycles. The highest BCUT2D eigenvalue weighted by Gasteiger charge is 2.85. The highest BCUT2D eigenvalue weighted by atomic mass is 32.3. The first-order valence-corrected chi connectivity index (χ1v) is 26.4. The molecular formula is C44H72N8O9S2. The molecule has 4 aliphatic carbocycles. The second kappa shape index (κ2) is 17.3. The molecule has 7 fully saturated rings. The Labute approximate surface area is 374 Å². The van der Waals surface area contributed by atoms with Gasteiger partial charge >= 0.3 is 10.2 Å². The highest BCUT2D eigenvalue weighted by Crippen LogP contribution is 2.88. The lowest BCUT2D eigenvalue weighted by Crippen LogP contribution is -2.63. The summed E-state index contributed by atoms with van der Waals surface area (Å²) in [5.41, 5.74) is -3.32. The van der Waals surface area contributed by atoms with Crippen molar-refractivity contribution in [1.82, 2.24) is 38.9 Å². The van der Waals surface area contributed by atoms with E-state index in [1.807, 2.05) is 32.4 Å². The molecule has 0 aromatic heterocycles. The van der Waals surface area contributed by atoms with Gasteiger partial charge in [0.25, 0.3) is 16.1 Å². The lowest BCUT2D eigenvalue weighted by Gasteiger charge is -2.39. The molecule has 0 bridgehead atoms. The van der Waals surface area contributed by atoms with Crippen molar-refractivity contribution in [2.24, 2.45) is 33.5 Å². The fourth-order valence-electron chi connectivity index (χ4n) is 12.6. The number of hydrogen-bond acceptors (Lipinski definition) is 10. The Morgan fingerprint density at radius 2 is 1.43 bits per heavy atom. The van der Waals surface area contributed by atoms with Crippen molar-refractivity contribution in [3.8, 4) is 0 Å². The number of amides is 5. The summed E-state index contributed by atoms with van der Waals surface area (Å²) >= 11 is 0. The van der Waals surface area contributed by atoms with Gasteiger partial charge < -0.3 is 20.9 Å². The second-order valence-corrected chi connectivity index (χ2v) is 24.6. The predicted molar refractivity (Wildman–Crippen MR) is 236 cm³/mol. The molecule has 4 saturated carbocycles. The zero-order valence-electron chi connectivity index (χ0n) is 38.2. The van der Waals surface area contributed by atoms with Crippen LogP contribution in [0.5, 0.6) is 0 Å². The number of nitrogens with zero attached hydrogens (tertiary/aromatic N) is 3. The van der Waals surface area contributed by atoms with Crippen molar-refractivity contribution in [2.45, 2.75) is 168 Å². The summed E-state index contributed by atoms with van der Waals surface area (Å²) in [6.45, 7) is 17.8. The third kappa shape index (κ3) is 8.59. The monoisotopic (exact) mass is 920 g/mol. The van der Waals surface area contributed by atoms with Gasteiger partial charge in [-0.05, 0) is 99.5 Å². The molecule has 0 radical (unpaired) electrons. The maximum atomic E-state index is 15.3. The number of hydrogen-bond donors (Lipinski definition) is 5. The van der Waals surface area contributed by atoms with Crippen molar-refractivity contribution in [1.29, 1.82) is 0 Å². The summed E-state index contributed by atoms with van der Waals surface area (Å²) in [5, 5.41) is 9.09. The summed E-state index contributed by atoms with van der Waals surface area (Å²) < 4.78 is 56.3. The Kier molecular flexibility index (Phi) is 13.1. The lowest BCUT2D eigenvalue weighted by atomic mass is 9.73. The highest BCUT2D eigenvalue weighted by molar-refractivity contribution is 8.03. The standard InChI is InChI=1S/C44H72N8O9S2/c1-8-30-26-44(30,39(57)48-62(58,59)49-63(60,61)51-24-15-16-25-51)47-36(54)32-27-43(41(6,7)42(43)21-17-22-42)28-52(32)38(56)34(40(3,4)5)46-37(55)33(29-18-11-10-12-19-29)45-35(53)31-20-13-14-23-50(31)9-2/h8,29-34,49H,1,9-28H2,2-7H3,(H,45,53)(H,46,55)(H,47,54)(H,48,57)/t30-,31+,32+,33+,34-,43-,44-/m1/s1. The Balaban J connectivity index is 1.14. The van der Waals surface area contributed by atoms with Crippen molar-refractivity contribution in [2.75, 3.05) is 32.7 Å². The van der Waals surface area contributed by atoms with E-state index in [9.17, 15) is 36.0 Å². The van der Waals surface area contributed by atoms with Crippen molar-refractivity contribution in [3.05, 3.63) is 12.7 Å². The molecule has 0 aromatic rings. The van der Waals surface area contributed by atoms with Gasteiger partial charge in [0.1, 0.15) is 23.7 Å². The van der Waals surface area contributed by atoms with Gasteiger partial charge in [0.2, 0.25) is 23.6 Å². The van der Waals surface area contributed by atoms with Crippen LogP contribution in [0.25, 0.3) is 0 Å². The molecule has 19 heteroatoms. The van der Waals surface area contributed by atoms with Crippen molar-refractivity contribution < 1.29 is 40.8 Å². The minimum Gasteiger partial charge on any atom is -0.343 e. The number of carbonyl (C=O) groups is 5. The van der Waals surface area contributed by atoms with Gasteiger partial charge in [-0.15, -0.1) is 6.58 Å². The molecular weight excluding hydrogens is 849 g/mol. The third-order valence-corrected chi connectivity index (χ3v) is 19.9. The number of likely N-dealkylation sites (N-methyl/N-ethyl adjacent to an activating group) is 1. The van der Waals surface area contributed by atoms with Gasteiger partial charge in [0.05, 0.1) is 6.04 Å². The van der Waals surface area contributed by atoms with E-state index in [2.05, 4.69) is 41.3 Å². The number of nitrogens with one attached hydrogen (secondary N) is 5. The Hall–Kier alpha value is -3.13. The first-order valence-electron chi connectivity index (χ1n) is 23.5. The van der Waals surface area contributed by atoms with Gasteiger partial charge in [-0.2, -0.15) is 21.1 Å². The summed E-state index contributed by atoms with van der Waals surface area (Å²) in [6, 6.07) is -3.34. The average Bonchev–Trinajstić information content (AvgIpc) is 3.66. The minimum atomic E-state index is -4.94. The Bertz CT molecular complexity index is 2060. The van der Waals surface area contributed by atoms with Gasteiger partial charge in [-0.3, -0.25) is 28.9 Å². The molecule has 7 atom stereocenters. The third-order valence-electron chi connectivity index (χ3n) is 16.7. The van der Waals surface area contributed by atoms with Crippen LogP contribution in [0.4, 0.5) is 0 Å². The first kappa shape index (κ1) is 47.8. The minimum absolute atomic E-state index is 0.00945. The van der Waals surface area contributed by atoms with Crippen LogP contribution in [-0.2, 0) is 44.4 Å². The van der Waals surface area contributed by atoms with E-state index in [1.165, 1.54) is 6.08 Å². The summed E-state index contributed by atoms with van der Waals surface area (Å²) in [7, 11) is -9.40. The summed E-state index contributed by atoms with van der Waals surface area (Å²) in [4.78, 5) is 76.3. The number of piperidine rings is 1. The summed E-state index contributed by atoms with van der Waals surface area (Å²) in [6.07, 6.45) is 13.0. The summed E-state index contributed by atoms with van der Waals surface area (Å²) in [5.74, 6) is -3.59. The maximum absolute atomic E-state index is 15.3. The van der Waals surface area contributed by atoms with Gasteiger partial charge in [-0.1, -0.05) is 83.8 Å². The van der Waals surface area contributed by atoms with E-state index in [4.69, 9.17) is 0 Å². The predicted octanol–water partition coefficient (Wildman–Crippen LogP) is 2.61. The van der Waals surface area contributed by atoms with E-state index in [-0.39, 0.29) is 54.8 Å². The lowest BCUT2D eigenvalue weighted by molar-refractivity contribution is -0.145. The largest absolute Gasteiger partial charge is 0.343 e. The molecule has 3 aliphatic heterocycles. The van der Waals surface area contributed by atoms with E-state index in [0.717, 1.165) is 81.6 Å². The molecule has 0 unspecified atom stereocenters. The molecule has 7 aliphatic rings. The van der Waals surface area contributed by atoms with Crippen LogP contribution in [0, 0.1) is 33.5 Å². The van der Waals surface area contributed by atoms with Gasteiger partial charge in [0, 0.05) is 31.0 Å². The van der Waals surface area contributed by atoms with Crippen LogP contribution in [0.15, 0.2) is 12.7 Å². The zero-order valence-corrected chi connectivity index (χ0v) is 39.9. The molecule has 354 valence electrons. The fourth-order valence-corrected chi connectivity index (χ4v) is 15.4. The first-order chi connectivity index (χ1) is 29.5.